The standard InChI is InChI=1S/C7H5NO.C4H4N2O/c1-2-4-7-6(3-1)8-5-9-7;7-4-5-2-1-3-6-4/h1-5H;1-3H,(H,5,6,7). The van der Waals surface area contributed by atoms with Crippen molar-refractivity contribution < 1.29 is 4.42 Å². The van der Waals surface area contributed by atoms with Crippen LogP contribution in [0.2, 0.25) is 0 Å². The second-order valence-electron chi connectivity index (χ2n) is 2.91. The maximum Gasteiger partial charge on any atom is 0.344 e. The molecule has 0 saturated heterocycles. The SMILES string of the molecule is O=c1nccc[nH]1.c1ccc2ocnc2c1. The number of rotatable bonds is 0. The van der Waals surface area contributed by atoms with E-state index in [2.05, 4.69) is 15.0 Å². The number of para-hydroxylation sites is 2. The van der Waals surface area contributed by atoms with Gasteiger partial charge in [0.25, 0.3) is 0 Å². The largest absolute Gasteiger partial charge is 0.443 e. The summed E-state index contributed by atoms with van der Waals surface area (Å²) in [6, 6.07) is 9.32. The summed E-state index contributed by atoms with van der Waals surface area (Å²) in [4.78, 5) is 19.8. The molecule has 2 aromatic heterocycles. The third kappa shape index (κ3) is 2.54. The molecule has 0 spiro atoms. The first kappa shape index (κ1) is 10.1. The van der Waals surface area contributed by atoms with Crippen LogP contribution in [0.3, 0.4) is 0 Å². The van der Waals surface area contributed by atoms with Crippen LogP contribution in [-0.2, 0) is 0 Å². The molecule has 0 atom stereocenters. The van der Waals surface area contributed by atoms with E-state index in [1.165, 1.54) is 18.8 Å². The number of H-pyrrole nitrogens is 1. The predicted molar refractivity (Wildman–Crippen MR) is 58.9 cm³/mol. The molecule has 0 aliphatic rings. The van der Waals surface area contributed by atoms with Crippen LogP contribution in [0.4, 0.5) is 0 Å². The second kappa shape index (κ2) is 4.88. The third-order valence-electron chi connectivity index (χ3n) is 1.82. The minimum Gasteiger partial charge on any atom is -0.443 e. The smallest absolute Gasteiger partial charge is 0.344 e. The van der Waals surface area contributed by atoms with Crippen LogP contribution >= 0.6 is 0 Å². The van der Waals surface area contributed by atoms with Crippen LogP contribution in [0.25, 0.3) is 11.1 Å². The Hall–Kier alpha value is -2.43. The summed E-state index contributed by atoms with van der Waals surface area (Å²) in [5, 5.41) is 0. The zero-order valence-corrected chi connectivity index (χ0v) is 8.33. The Morgan fingerprint density at radius 1 is 1.12 bits per heavy atom. The van der Waals surface area contributed by atoms with E-state index in [4.69, 9.17) is 4.42 Å². The Bertz CT molecular complexity index is 568. The lowest BCUT2D eigenvalue weighted by atomic mass is 10.3. The number of fused-ring (bicyclic) bond motifs is 1. The van der Waals surface area contributed by atoms with Crippen molar-refractivity contribution in [1.29, 1.82) is 0 Å². The van der Waals surface area contributed by atoms with Crippen LogP contribution < -0.4 is 5.69 Å². The first-order chi connectivity index (χ1) is 7.86. The maximum absolute atomic E-state index is 10.1. The molecule has 1 N–H and O–H groups in total. The monoisotopic (exact) mass is 215 g/mol. The van der Waals surface area contributed by atoms with Crippen LogP contribution in [0.15, 0.2) is 58.3 Å². The molecule has 5 nitrogen and oxygen atoms in total. The van der Waals surface area contributed by atoms with E-state index in [9.17, 15) is 4.79 Å². The summed E-state index contributed by atoms with van der Waals surface area (Å²) in [7, 11) is 0. The molecule has 0 bridgehead atoms. The van der Waals surface area contributed by atoms with Gasteiger partial charge in [0.2, 0.25) is 0 Å². The molecular weight excluding hydrogens is 206 g/mol. The average Bonchev–Trinajstić information content (AvgIpc) is 2.79. The van der Waals surface area contributed by atoms with Crippen molar-refractivity contribution in [3.63, 3.8) is 0 Å². The molecule has 16 heavy (non-hydrogen) atoms. The highest BCUT2D eigenvalue weighted by molar-refractivity contribution is 5.71. The van der Waals surface area contributed by atoms with Crippen molar-refractivity contribution in [3.8, 4) is 0 Å². The summed E-state index contributed by atoms with van der Waals surface area (Å²) in [6.45, 7) is 0. The molecular formula is C11H9N3O2. The zero-order chi connectivity index (χ0) is 11.2. The Morgan fingerprint density at radius 3 is 2.62 bits per heavy atom. The molecule has 0 unspecified atom stereocenters. The Balaban J connectivity index is 0.000000125. The number of aromatic nitrogens is 3. The third-order valence-corrected chi connectivity index (χ3v) is 1.82. The molecule has 1 aromatic carbocycles. The second-order valence-corrected chi connectivity index (χ2v) is 2.91. The normalized spacial score (nSPS) is 9.50. The van der Waals surface area contributed by atoms with Crippen molar-refractivity contribution in [2.24, 2.45) is 0 Å². The van der Waals surface area contributed by atoms with Crippen molar-refractivity contribution in [1.82, 2.24) is 15.0 Å². The molecule has 0 fully saturated rings. The van der Waals surface area contributed by atoms with E-state index in [0.29, 0.717) is 0 Å². The molecule has 0 saturated carbocycles. The van der Waals surface area contributed by atoms with Gasteiger partial charge in [0.1, 0.15) is 5.52 Å². The number of oxazole rings is 1. The van der Waals surface area contributed by atoms with Gasteiger partial charge in [-0.25, -0.2) is 14.8 Å². The van der Waals surface area contributed by atoms with Gasteiger partial charge in [-0.05, 0) is 18.2 Å². The zero-order valence-electron chi connectivity index (χ0n) is 8.33. The molecule has 2 heterocycles. The van der Waals surface area contributed by atoms with Crippen LogP contribution in [0.5, 0.6) is 0 Å². The van der Waals surface area contributed by atoms with Gasteiger partial charge in [-0.3, -0.25) is 0 Å². The van der Waals surface area contributed by atoms with Gasteiger partial charge in [0, 0.05) is 12.4 Å². The van der Waals surface area contributed by atoms with Crippen LogP contribution in [0.1, 0.15) is 0 Å². The lowest BCUT2D eigenvalue weighted by Gasteiger charge is -1.79. The maximum atomic E-state index is 10.1. The summed E-state index contributed by atoms with van der Waals surface area (Å²) in [6.07, 6.45) is 4.43. The van der Waals surface area contributed by atoms with Gasteiger partial charge in [0.05, 0.1) is 0 Å². The van der Waals surface area contributed by atoms with Crippen molar-refractivity contribution in [2.45, 2.75) is 0 Å². The van der Waals surface area contributed by atoms with Gasteiger partial charge in [-0.15, -0.1) is 0 Å². The minimum absolute atomic E-state index is 0.303. The minimum atomic E-state index is -0.303. The fourth-order valence-corrected chi connectivity index (χ4v) is 1.11. The summed E-state index contributed by atoms with van der Waals surface area (Å²) < 4.78 is 5.01. The Labute approximate surface area is 90.8 Å². The summed E-state index contributed by atoms with van der Waals surface area (Å²) >= 11 is 0. The van der Waals surface area contributed by atoms with Gasteiger partial charge >= 0.3 is 5.69 Å². The summed E-state index contributed by atoms with van der Waals surface area (Å²) in [5.74, 6) is 0. The Morgan fingerprint density at radius 2 is 2.00 bits per heavy atom. The molecule has 0 radical (unpaired) electrons. The molecule has 0 aliphatic carbocycles. The molecule has 3 rings (SSSR count). The average molecular weight is 215 g/mol. The fraction of sp³-hybridized carbons (Fsp3) is 0. The summed E-state index contributed by atoms with van der Waals surface area (Å²) in [5.41, 5.74) is 1.46. The van der Waals surface area contributed by atoms with E-state index in [1.54, 1.807) is 6.07 Å². The van der Waals surface area contributed by atoms with Crippen LogP contribution in [-0.4, -0.2) is 15.0 Å². The first-order valence-corrected chi connectivity index (χ1v) is 4.64. The van der Waals surface area contributed by atoms with E-state index < -0.39 is 0 Å². The lowest BCUT2D eigenvalue weighted by molar-refractivity contribution is 0.602. The van der Waals surface area contributed by atoms with E-state index >= 15 is 0 Å². The number of aromatic amines is 1. The molecule has 0 amide bonds. The van der Waals surface area contributed by atoms with Gasteiger partial charge in [-0.1, -0.05) is 12.1 Å². The van der Waals surface area contributed by atoms with E-state index in [1.807, 2.05) is 24.3 Å². The van der Waals surface area contributed by atoms with Gasteiger partial charge in [0.15, 0.2) is 12.0 Å². The highest BCUT2D eigenvalue weighted by Crippen LogP contribution is 2.09. The Kier molecular flexibility index (Phi) is 3.08. The number of benzene rings is 1. The molecule has 3 aromatic rings. The van der Waals surface area contributed by atoms with Crippen molar-refractivity contribution in [2.75, 3.05) is 0 Å². The topological polar surface area (TPSA) is 71.8 Å². The highest BCUT2D eigenvalue weighted by atomic mass is 16.3. The van der Waals surface area contributed by atoms with Crippen molar-refractivity contribution >= 4 is 11.1 Å². The molecule has 80 valence electrons. The van der Waals surface area contributed by atoms with E-state index in [0.717, 1.165) is 11.1 Å². The highest BCUT2D eigenvalue weighted by Gasteiger charge is 1.91. The molecule has 5 heteroatoms. The van der Waals surface area contributed by atoms with Crippen molar-refractivity contribution in [3.05, 3.63) is 59.6 Å². The number of nitrogens with one attached hydrogen (secondary N) is 1. The van der Waals surface area contributed by atoms with Gasteiger partial charge < -0.3 is 9.40 Å². The van der Waals surface area contributed by atoms with E-state index in [-0.39, 0.29) is 5.69 Å². The van der Waals surface area contributed by atoms with Crippen LogP contribution in [0, 0.1) is 0 Å². The first-order valence-electron chi connectivity index (χ1n) is 4.64. The quantitative estimate of drug-likeness (QED) is 0.618. The fourth-order valence-electron chi connectivity index (χ4n) is 1.11. The predicted octanol–water partition coefficient (Wildman–Crippen LogP) is 1.60. The van der Waals surface area contributed by atoms with Gasteiger partial charge in [-0.2, -0.15) is 0 Å². The lowest BCUT2D eigenvalue weighted by Crippen LogP contribution is -2.05. The number of hydrogen-bond donors (Lipinski definition) is 1. The number of nitrogens with zero attached hydrogens (tertiary/aromatic N) is 2. The molecule has 0 aliphatic heterocycles. The number of hydrogen-bond acceptors (Lipinski definition) is 4.